The van der Waals surface area contributed by atoms with E-state index in [-0.39, 0.29) is 11.7 Å². The van der Waals surface area contributed by atoms with Crippen molar-refractivity contribution in [1.82, 2.24) is 19.6 Å². The minimum absolute atomic E-state index is 0.121. The van der Waals surface area contributed by atoms with Gasteiger partial charge in [0.05, 0.1) is 17.1 Å². The van der Waals surface area contributed by atoms with E-state index in [4.69, 9.17) is 11.6 Å². The molecule has 1 amide bonds. The number of benzene rings is 1. The van der Waals surface area contributed by atoms with Crippen LogP contribution in [0.3, 0.4) is 0 Å². The molecule has 1 aromatic carbocycles. The Morgan fingerprint density at radius 1 is 1.23 bits per heavy atom. The molecule has 26 heavy (non-hydrogen) atoms. The molecule has 3 aromatic heterocycles. The number of halogens is 1. The number of thiazole rings is 2. The summed E-state index contributed by atoms with van der Waals surface area (Å²) in [6, 6.07) is 7.60. The van der Waals surface area contributed by atoms with Crippen molar-refractivity contribution in [2.24, 2.45) is 0 Å². The fourth-order valence-corrected chi connectivity index (χ4v) is 4.78. The van der Waals surface area contributed by atoms with Crippen LogP contribution in [0.2, 0.25) is 5.02 Å². The van der Waals surface area contributed by atoms with Gasteiger partial charge in [0.2, 0.25) is 10.9 Å². The molecule has 10 heteroatoms. The Kier molecular flexibility index (Phi) is 4.94. The molecule has 0 unspecified atom stereocenters. The molecule has 0 aliphatic heterocycles. The summed E-state index contributed by atoms with van der Waals surface area (Å²) in [7, 11) is 0. The maximum Gasteiger partial charge on any atom is 0.236 e. The number of carbonyl (C=O) groups is 1. The van der Waals surface area contributed by atoms with Crippen LogP contribution < -0.4 is 5.32 Å². The van der Waals surface area contributed by atoms with E-state index >= 15 is 0 Å². The largest absolute Gasteiger partial charge is 0.301 e. The number of rotatable bonds is 5. The summed E-state index contributed by atoms with van der Waals surface area (Å²) >= 11 is 10.2. The van der Waals surface area contributed by atoms with Crippen LogP contribution in [-0.2, 0) is 4.79 Å². The van der Waals surface area contributed by atoms with E-state index in [2.05, 4.69) is 20.5 Å². The Morgan fingerprint density at radius 2 is 2.04 bits per heavy atom. The second-order valence-corrected chi connectivity index (χ2v) is 8.43. The van der Waals surface area contributed by atoms with Crippen LogP contribution >= 0.6 is 46.0 Å². The van der Waals surface area contributed by atoms with Crippen molar-refractivity contribution in [3.63, 3.8) is 0 Å². The number of aryl methyl sites for hydroxylation is 1. The Morgan fingerprint density at radius 3 is 2.77 bits per heavy atom. The molecule has 132 valence electrons. The maximum absolute atomic E-state index is 12.1. The molecular formula is C16H12ClN5OS3. The third-order valence-electron chi connectivity index (χ3n) is 3.46. The van der Waals surface area contributed by atoms with E-state index in [1.165, 1.54) is 34.4 Å². The molecule has 4 rings (SSSR count). The zero-order valence-corrected chi connectivity index (χ0v) is 16.7. The standard InChI is InChI=1S/C16H12ClN5OS3/c1-9-6-24-14(18-9)19-13(23)8-26-16-21-20-15-22(16)12(7-25-15)10-2-4-11(17)5-3-10/h2-7H,8H2,1H3,(H,18,19,23). The highest BCUT2D eigenvalue weighted by Gasteiger charge is 2.15. The molecule has 0 spiro atoms. The Hall–Kier alpha value is -1.94. The Bertz CT molecular complexity index is 1070. The van der Waals surface area contributed by atoms with E-state index in [9.17, 15) is 4.79 Å². The summed E-state index contributed by atoms with van der Waals surface area (Å²) in [4.78, 5) is 17.2. The molecule has 4 aromatic rings. The van der Waals surface area contributed by atoms with Gasteiger partial charge in [-0.2, -0.15) is 0 Å². The minimum atomic E-state index is -0.121. The van der Waals surface area contributed by atoms with Gasteiger partial charge in [0.25, 0.3) is 0 Å². The topological polar surface area (TPSA) is 72.2 Å². The van der Waals surface area contributed by atoms with Crippen LogP contribution in [0.4, 0.5) is 5.13 Å². The molecule has 0 saturated heterocycles. The minimum Gasteiger partial charge on any atom is -0.301 e. The molecule has 0 atom stereocenters. The van der Waals surface area contributed by atoms with Crippen LogP contribution in [0.5, 0.6) is 0 Å². The van der Waals surface area contributed by atoms with Gasteiger partial charge < -0.3 is 5.32 Å². The molecule has 1 N–H and O–H groups in total. The van der Waals surface area contributed by atoms with Gasteiger partial charge in [-0.1, -0.05) is 35.5 Å². The first-order valence-electron chi connectivity index (χ1n) is 7.53. The predicted molar refractivity (Wildman–Crippen MR) is 108 cm³/mol. The number of hydrogen-bond acceptors (Lipinski definition) is 7. The first-order valence-corrected chi connectivity index (χ1v) is 10.7. The summed E-state index contributed by atoms with van der Waals surface area (Å²) in [5.41, 5.74) is 2.89. The van der Waals surface area contributed by atoms with Gasteiger partial charge in [-0.3, -0.25) is 9.20 Å². The number of anilines is 1. The molecule has 0 radical (unpaired) electrons. The summed E-state index contributed by atoms with van der Waals surface area (Å²) in [5.74, 6) is 0.111. The number of aromatic nitrogens is 4. The number of carbonyl (C=O) groups excluding carboxylic acids is 1. The molecule has 0 aliphatic carbocycles. The Balaban J connectivity index is 1.52. The molecule has 0 fully saturated rings. The maximum atomic E-state index is 12.1. The van der Waals surface area contributed by atoms with E-state index in [1.54, 1.807) is 0 Å². The lowest BCUT2D eigenvalue weighted by atomic mass is 10.2. The highest BCUT2D eigenvalue weighted by molar-refractivity contribution is 7.99. The third-order valence-corrected chi connectivity index (χ3v) is 6.33. The number of amides is 1. The molecular weight excluding hydrogens is 410 g/mol. The number of hydrogen-bond donors (Lipinski definition) is 1. The predicted octanol–water partition coefficient (Wildman–Crippen LogP) is 4.61. The Labute approximate surface area is 166 Å². The highest BCUT2D eigenvalue weighted by Crippen LogP contribution is 2.30. The van der Waals surface area contributed by atoms with Crippen molar-refractivity contribution in [1.29, 1.82) is 0 Å². The monoisotopic (exact) mass is 421 g/mol. The number of thioether (sulfide) groups is 1. The van der Waals surface area contributed by atoms with Gasteiger partial charge in [0.1, 0.15) is 0 Å². The SMILES string of the molecule is Cc1csc(NC(=O)CSc2nnc3scc(-c4ccc(Cl)cc4)n23)n1. The van der Waals surface area contributed by atoms with Crippen molar-refractivity contribution in [2.75, 3.05) is 11.1 Å². The molecule has 0 bridgehead atoms. The third kappa shape index (κ3) is 3.61. The lowest BCUT2D eigenvalue weighted by Crippen LogP contribution is -2.14. The average molecular weight is 422 g/mol. The van der Waals surface area contributed by atoms with Gasteiger partial charge in [-0.25, -0.2) is 4.98 Å². The van der Waals surface area contributed by atoms with Crippen LogP contribution in [0.1, 0.15) is 5.69 Å². The summed E-state index contributed by atoms with van der Waals surface area (Å²) in [6.07, 6.45) is 0. The average Bonchev–Trinajstić information content (AvgIpc) is 3.31. The van der Waals surface area contributed by atoms with Gasteiger partial charge in [-0.15, -0.1) is 32.9 Å². The van der Waals surface area contributed by atoms with Crippen LogP contribution in [0.15, 0.2) is 40.2 Å². The zero-order chi connectivity index (χ0) is 18.1. The molecule has 0 saturated carbocycles. The molecule has 3 heterocycles. The van der Waals surface area contributed by atoms with Crippen molar-refractivity contribution < 1.29 is 4.79 Å². The quantitative estimate of drug-likeness (QED) is 0.476. The van der Waals surface area contributed by atoms with Crippen molar-refractivity contribution in [3.8, 4) is 11.3 Å². The number of nitrogens with one attached hydrogen (secondary N) is 1. The van der Waals surface area contributed by atoms with Gasteiger partial charge in [-0.05, 0) is 24.6 Å². The first kappa shape index (κ1) is 17.5. The lowest BCUT2D eigenvalue weighted by Gasteiger charge is -2.03. The second-order valence-electron chi connectivity index (χ2n) is 5.36. The number of nitrogens with zero attached hydrogens (tertiary/aromatic N) is 4. The normalized spacial score (nSPS) is 11.2. The molecule has 6 nitrogen and oxygen atoms in total. The first-order chi connectivity index (χ1) is 12.6. The lowest BCUT2D eigenvalue weighted by molar-refractivity contribution is -0.113. The summed E-state index contributed by atoms with van der Waals surface area (Å²) in [6.45, 7) is 1.89. The van der Waals surface area contributed by atoms with Gasteiger partial charge in [0, 0.05) is 15.8 Å². The van der Waals surface area contributed by atoms with Crippen LogP contribution in [-0.4, -0.2) is 31.2 Å². The van der Waals surface area contributed by atoms with Crippen molar-refractivity contribution in [3.05, 3.63) is 45.7 Å². The summed E-state index contributed by atoms with van der Waals surface area (Å²) < 4.78 is 1.96. The van der Waals surface area contributed by atoms with Crippen LogP contribution in [0, 0.1) is 6.92 Å². The van der Waals surface area contributed by atoms with E-state index in [0.717, 1.165) is 21.9 Å². The van der Waals surface area contributed by atoms with E-state index in [0.29, 0.717) is 15.3 Å². The highest BCUT2D eigenvalue weighted by atomic mass is 35.5. The second kappa shape index (κ2) is 7.36. The number of fused-ring (bicyclic) bond motifs is 1. The summed E-state index contributed by atoms with van der Waals surface area (Å²) in [5, 5.41) is 17.1. The van der Waals surface area contributed by atoms with Crippen molar-refractivity contribution >= 4 is 62.0 Å². The van der Waals surface area contributed by atoms with Crippen molar-refractivity contribution in [2.45, 2.75) is 12.1 Å². The van der Waals surface area contributed by atoms with Crippen LogP contribution in [0.25, 0.3) is 16.2 Å². The fourth-order valence-electron chi connectivity index (χ4n) is 2.31. The van der Waals surface area contributed by atoms with E-state index in [1.807, 2.05) is 46.4 Å². The zero-order valence-electron chi connectivity index (χ0n) is 13.5. The van der Waals surface area contributed by atoms with Gasteiger partial charge >= 0.3 is 0 Å². The molecule has 0 aliphatic rings. The van der Waals surface area contributed by atoms with Gasteiger partial charge in [0.15, 0.2) is 10.3 Å². The smallest absolute Gasteiger partial charge is 0.236 e. The van der Waals surface area contributed by atoms with E-state index < -0.39 is 0 Å². The fraction of sp³-hybridized carbons (Fsp3) is 0.125.